The van der Waals surface area contributed by atoms with Crippen LogP contribution in [0.3, 0.4) is 0 Å². The minimum absolute atomic E-state index is 0.0509. The van der Waals surface area contributed by atoms with Crippen molar-refractivity contribution in [3.8, 4) is 0 Å². The second kappa shape index (κ2) is 5.58. The van der Waals surface area contributed by atoms with E-state index in [1.807, 2.05) is 6.92 Å². The van der Waals surface area contributed by atoms with Crippen LogP contribution >= 0.6 is 11.6 Å². The molecular weight excluding hydrogens is 258 g/mol. The summed E-state index contributed by atoms with van der Waals surface area (Å²) in [5, 5.41) is 2.72. The van der Waals surface area contributed by atoms with E-state index in [1.54, 1.807) is 0 Å². The monoisotopic (exact) mass is 269 g/mol. The molecule has 1 nitrogen and oxygen atoms in total. The highest BCUT2D eigenvalue weighted by atomic mass is 35.5. The van der Waals surface area contributed by atoms with Crippen LogP contribution in [-0.4, -0.2) is 12.4 Å². The van der Waals surface area contributed by atoms with E-state index in [-0.39, 0.29) is 11.6 Å². The standard InChI is InChI=1S/C11H12ClF4N/c1-7(5-12)6-17-10-3-2-8(4-9(10)13)11(14,15)16/h2-4,7,17H,5-6H2,1H3. The number of anilines is 1. The Morgan fingerprint density at radius 3 is 2.47 bits per heavy atom. The maximum atomic E-state index is 13.3. The molecule has 0 fully saturated rings. The molecule has 0 aliphatic rings. The van der Waals surface area contributed by atoms with Crippen molar-refractivity contribution in [2.75, 3.05) is 17.7 Å². The molecule has 1 aromatic rings. The largest absolute Gasteiger partial charge is 0.416 e. The number of rotatable bonds is 4. The molecule has 17 heavy (non-hydrogen) atoms. The van der Waals surface area contributed by atoms with Gasteiger partial charge in [-0.2, -0.15) is 13.2 Å². The quantitative estimate of drug-likeness (QED) is 0.640. The molecule has 1 unspecified atom stereocenters. The zero-order chi connectivity index (χ0) is 13.1. The number of halogens is 5. The smallest absolute Gasteiger partial charge is 0.382 e. The number of nitrogens with one attached hydrogen (secondary N) is 1. The number of hydrogen-bond donors (Lipinski definition) is 1. The summed E-state index contributed by atoms with van der Waals surface area (Å²) in [7, 11) is 0. The molecule has 0 heterocycles. The van der Waals surface area contributed by atoms with Crippen molar-refractivity contribution in [2.45, 2.75) is 13.1 Å². The molecule has 0 spiro atoms. The molecule has 0 saturated heterocycles. The maximum absolute atomic E-state index is 13.3. The van der Waals surface area contributed by atoms with E-state index in [2.05, 4.69) is 5.32 Å². The molecule has 96 valence electrons. The summed E-state index contributed by atoms with van der Waals surface area (Å²) in [5.74, 6) is -0.408. The van der Waals surface area contributed by atoms with E-state index in [0.717, 1.165) is 12.1 Å². The fraction of sp³-hybridized carbons (Fsp3) is 0.455. The molecule has 1 N–H and O–H groups in total. The predicted molar refractivity (Wildman–Crippen MR) is 59.8 cm³/mol. The third-order valence-corrected chi connectivity index (χ3v) is 2.73. The first-order valence-corrected chi connectivity index (χ1v) is 5.54. The molecule has 0 radical (unpaired) electrons. The van der Waals surface area contributed by atoms with Crippen molar-refractivity contribution in [1.82, 2.24) is 0 Å². The van der Waals surface area contributed by atoms with Gasteiger partial charge in [0.15, 0.2) is 0 Å². The van der Waals surface area contributed by atoms with Gasteiger partial charge in [-0.25, -0.2) is 4.39 Å². The number of benzene rings is 1. The first kappa shape index (κ1) is 14.1. The summed E-state index contributed by atoms with van der Waals surface area (Å²) in [6, 6.07) is 2.41. The van der Waals surface area contributed by atoms with Gasteiger partial charge in [-0.15, -0.1) is 11.6 Å². The summed E-state index contributed by atoms with van der Waals surface area (Å²) in [5.41, 5.74) is -0.944. The van der Waals surface area contributed by atoms with E-state index >= 15 is 0 Å². The molecule has 1 rings (SSSR count). The van der Waals surface area contributed by atoms with Gasteiger partial charge in [0.25, 0.3) is 0 Å². The number of hydrogen-bond acceptors (Lipinski definition) is 1. The average molecular weight is 270 g/mol. The van der Waals surface area contributed by atoms with Gasteiger partial charge in [-0.3, -0.25) is 0 Å². The summed E-state index contributed by atoms with van der Waals surface area (Å²) in [6.07, 6.45) is -4.52. The molecule has 6 heteroatoms. The first-order chi connectivity index (χ1) is 7.84. The molecule has 0 aliphatic heterocycles. The van der Waals surface area contributed by atoms with Gasteiger partial charge in [-0.05, 0) is 24.1 Å². The average Bonchev–Trinajstić information content (AvgIpc) is 2.25. The van der Waals surface area contributed by atoms with Crippen LogP contribution in [0.2, 0.25) is 0 Å². The van der Waals surface area contributed by atoms with Gasteiger partial charge in [0, 0.05) is 12.4 Å². The molecule has 0 amide bonds. The summed E-state index contributed by atoms with van der Waals surface area (Å²) in [4.78, 5) is 0. The van der Waals surface area contributed by atoms with Crippen molar-refractivity contribution < 1.29 is 17.6 Å². The Morgan fingerprint density at radius 2 is 2.00 bits per heavy atom. The van der Waals surface area contributed by atoms with Crippen LogP contribution in [-0.2, 0) is 6.18 Å². The fourth-order valence-corrected chi connectivity index (χ4v) is 1.28. The lowest BCUT2D eigenvalue weighted by Gasteiger charge is -2.13. The van der Waals surface area contributed by atoms with Crippen LogP contribution < -0.4 is 5.32 Å². The Hall–Kier alpha value is -0.970. The molecular formula is C11H12ClF4N. The lowest BCUT2D eigenvalue weighted by Crippen LogP contribution is -2.14. The van der Waals surface area contributed by atoms with Gasteiger partial charge in [-0.1, -0.05) is 6.92 Å². The Labute approximate surface area is 102 Å². The van der Waals surface area contributed by atoms with E-state index in [9.17, 15) is 17.6 Å². The van der Waals surface area contributed by atoms with E-state index in [4.69, 9.17) is 11.6 Å². The zero-order valence-corrected chi connectivity index (χ0v) is 9.87. The topological polar surface area (TPSA) is 12.0 Å². The third kappa shape index (κ3) is 4.07. The summed E-state index contributed by atoms with van der Waals surface area (Å²) < 4.78 is 50.1. The molecule has 1 atom stereocenters. The second-order valence-corrected chi connectivity index (χ2v) is 4.14. The molecule has 1 aromatic carbocycles. The predicted octanol–water partition coefficient (Wildman–Crippen LogP) is 4.13. The van der Waals surface area contributed by atoms with Crippen molar-refractivity contribution in [2.24, 2.45) is 5.92 Å². The minimum atomic E-state index is -4.52. The Morgan fingerprint density at radius 1 is 1.35 bits per heavy atom. The van der Waals surface area contributed by atoms with Crippen LogP contribution in [0.25, 0.3) is 0 Å². The normalized spacial score (nSPS) is 13.5. The highest BCUT2D eigenvalue weighted by molar-refractivity contribution is 6.18. The summed E-state index contributed by atoms with van der Waals surface area (Å²) >= 11 is 5.56. The molecule has 0 aliphatic carbocycles. The molecule has 0 saturated carbocycles. The second-order valence-electron chi connectivity index (χ2n) is 3.83. The van der Waals surface area contributed by atoms with Crippen LogP contribution in [0, 0.1) is 11.7 Å². The van der Waals surface area contributed by atoms with E-state index in [1.165, 1.54) is 0 Å². The SMILES string of the molecule is CC(CCl)CNc1ccc(C(F)(F)F)cc1F. The number of alkyl halides is 4. The van der Waals surface area contributed by atoms with Gasteiger partial charge in [0.2, 0.25) is 0 Å². The van der Waals surface area contributed by atoms with Crippen molar-refractivity contribution >= 4 is 17.3 Å². The summed E-state index contributed by atoms with van der Waals surface area (Å²) in [6.45, 7) is 2.26. The Bertz CT molecular complexity index is 378. The van der Waals surface area contributed by atoms with Crippen LogP contribution in [0.4, 0.5) is 23.2 Å². The van der Waals surface area contributed by atoms with Crippen LogP contribution in [0.15, 0.2) is 18.2 Å². The van der Waals surface area contributed by atoms with Gasteiger partial charge >= 0.3 is 6.18 Å². The maximum Gasteiger partial charge on any atom is 0.416 e. The van der Waals surface area contributed by atoms with Crippen LogP contribution in [0.5, 0.6) is 0 Å². The van der Waals surface area contributed by atoms with Gasteiger partial charge < -0.3 is 5.32 Å². The Balaban J connectivity index is 2.77. The van der Waals surface area contributed by atoms with Crippen molar-refractivity contribution in [3.05, 3.63) is 29.6 Å². The third-order valence-electron chi connectivity index (χ3n) is 2.20. The van der Waals surface area contributed by atoms with E-state index < -0.39 is 17.6 Å². The lowest BCUT2D eigenvalue weighted by molar-refractivity contribution is -0.137. The Kier molecular flexibility index (Phi) is 4.62. The van der Waals surface area contributed by atoms with Crippen molar-refractivity contribution in [1.29, 1.82) is 0 Å². The molecule has 0 aromatic heterocycles. The molecule has 0 bridgehead atoms. The van der Waals surface area contributed by atoms with Crippen LogP contribution in [0.1, 0.15) is 12.5 Å². The highest BCUT2D eigenvalue weighted by Crippen LogP contribution is 2.31. The zero-order valence-electron chi connectivity index (χ0n) is 9.11. The fourth-order valence-electron chi connectivity index (χ4n) is 1.17. The first-order valence-electron chi connectivity index (χ1n) is 5.01. The highest BCUT2D eigenvalue weighted by Gasteiger charge is 2.31. The van der Waals surface area contributed by atoms with Gasteiger partial charge in [0.1, 0.15) is 5.82 Å². The minimum Gasteiger partial charge on any atom is -0.382 e. The van der Waals surface area contributed by atoms with Crippen molar-refractivity contribution in [3.63, 3.8) is 0 Å². The van der Waals surface area contributed by atoms with Gasteiger partial charge in [0.05, 0.1) is 11.3 Å². The van der Waals surface area contributed by atoms with E-state index in [0.29, 0.717) is 18.5 Å². The lowest BCUT2D eigenvalue weighted by atomic mass is 10.1.